The third-order valence-electron chi connectivity index (χ3n) is 5.44. The number of carboxylic acids is 2. The summed E-state index contributed by atoms with van der Waals surface area (Å²) in [6, 6.07) is 0.512. The van der Waals surface area contributed by atoms with Gasteiger partial charge in [-0.25, -0.2) is 4.79 Å². The van der Waals surface area contributed by atoms with E-state index in [2.05, 4.69) is 21.3 Å². The fourth-order valence-electron chi connectivity index (χ4n) is 3.55. The van der Waals surface area contributed by atoms with E-state index in [9.17, 15) is 39.3 Å². The van der Waals surface area contributed by atoms with Gasteiger partial charge in [-0.05, 0) is 44.0 Å². The number of aliphatic carboxylic acids is 2. The van der Waals surface area contributed by atoms with Crippen molar-refractivity contribution in [3.63, 3.8) is 0 Å². The van der Waals surface area contributed by atoms with E-state index in [0.717, 1.165) is 6.42 Å². The number of aliphatic hydroxyl groups is 1. The zero-order valence-corrected chi connectivity index (χ0v) is 19.1. The second-order valence-electron chi connectivity index (χ2n) is 8.30. The maximum atomic E-state index is 12.8. The maximum Gasteiger partial charge on any atom is 0.326 e. The molecule has 1 aromatic carbocycles. The van der Waals surface area contributed by atoms with E-state index in [1.165, 1.54) is 31.2 Å². The second-order valence-corrected chi connectivity index (χ2v) is 8.30. The summed E-state index contributed by atoms with van der Waals surface area (Å²) in [4.78, 5) is 60.8. The summed E-state index contributed by atoms with van der Waals surface area (Å²) in [5.74, 6) is -5.37. The molecule has 0 aliphatic carbocycles. The van der Waals surface area contributed by atoms with E-state index in [0.29, 0.717) is 18.5 Å². The SMILES string of the molecule is CC(O)C(NC(=O)C(CC(=O)O)NC(=O)C1CCCN1)C(=O)NC(Cc1ccc(O)cc1)C(=O)O. The van der Waals surface area contributed by atoms with Crippen LogP contribution in [0.4, 0.5) is 0 Å². The van der Waals surface area contributed by atoms with Crippen LogP contribution in [0.1, 0.15) is 31.7 Å². The molecule has 1 aliphatic rings. The van der Waals surface area contributed by atoms with Gasteiger partial charge < -0.3 is 41.7 Å². The Labute approximate surface area is 200 Å². The average molecular weight is 495 g/mol. The van der Waals surface area contributed by atoms with Crippen LogP contribution in [0.15, 0.2) is 24.3 Å². The van der Waals surface area contributed by atoms with Crippen LogP contribution in [0.2, 0.25) is 0 Å². The first kappa shape index (κ1) is 27.5. The minimum absolute atomic E-state index is 0.0201. The number of amides is 3. The lowest BCUT2D eigenvalue weighted by Gasteiger charge is -2.26. The van der Waals surface area contributed by atoms with E-state index >= 15 is 0 Å². The predicted molar refractivity (Wildman–Crippen MR) is 120 cm³/mol. The maximum absolute atomic E-state index is 12.8. The van der Waals surface area contributed by atoms with E-state index in [1.54, 1.807) is 0 Å². The molecular weight excluding hydrogens is 464 g/mol. The van der Waals surface area contributed by atoms with E-state index < -0.39 is 66.4 Å². The normalized spacial score (nSPS) is 18.5. The highest BCUT2D eigenvalue weighted by Gasteiger charge is 2.34. The summed E-state index contributed by atoms with van der Waals surface area (Å²) < 4.78 is 0. The van der Waals surface area contributed by atoms with Crippen molar-refractivity contribution in [2.45, 2.75) is 62.9 Å². The summed E-state index contributed by atoms with van der Waals surface area (Å²) in [5, 5.41) is 47.8. The van der Waals surface area contributed by atoms with Crippen LogP contribution in [0.3, 0.4) is 0 Å². The number of nitrogens with one attached hydrogen (secondary N) is 4. The highest BCUT2D eigenvalue weighted by molar-refractivity contribution is 5.96. The molecule has 5 atom stereocenters. The van der Waals surface area contributed by atoms with E-state index in [4.69, 9.17) is 5.11 Å². The molecule has 0 bridgehead atoms. The first-order valence-corrected chi connectivity index (χ1v) is 11.0. The summed E-state index contributed by atoms with van der Waals surface area (Å²) in [7, 11) is 0. The van der Waals surface area contributed by atoms with Gasteiger partial charge in [-0.2, -0.15) is 0 Å². The van der Waals surface area contributed by atoms with Gasteiger partial charge in [0, 0.05) is 6.42 Å². The summed E-state index contributed by atoms with van der Waals surface area (Å²) in [6.45, 7) is 1.79. The minimum atomic E-state index is -1.62. The molecule has 35 heavy (non-hydrogen) atoms. The fourth-order valence-corrected chi connectivity index (χ4v) is 3.55. The zero-order chi connectivity index (χ0) is 26.1. The number of rotatable bonds is 12. The number of carbonyl (C=O) groups excluding carboxylic acids is 3. The lowest BCUT2D eigenvalue weighted by molar-refractivity contribution is -0.144. The van der Waals surface area contributed by atoms with Gasteiger partial charge in [0.05, 0.1) is 18.6 Å². The third-order valence-corrected chi connectivity index (χ3v) is 5.44. The van der Waals surface area contributed by atoms with Gasteiger partial charge in [0.25, 0.3) is 0 Å². The molecule has 5 unspecified atom stereocenters. The highest BCUT2D eigenvalue weighted by Crippen LogP contribution is 2.12. The Morgan fingerprint density at radius 1 is 1.00 bits per heavy atom. The number of hydrogen-bond donors (Lipinski definition) is 8. The Balaban J connectivity index is 2.09. The van der Waals surface area contributed by atoms with Crippen LogP contribution in [-0.2, 0) is 30.4 Å². The molecule has 1 heterocycles. The molecule has 0 radical (unpaired) electrons. The Morgan fingerprint density at radius 3 is 2.17 bits per heavy atom. The van der Waals surface area contributed by atoms with Crippen LogP contribution in [-0.4, -0.2) is 86.9 Å². The van der Waals surface area contributed by atoms with Crippen molar-refractivity contribution in [3.8, 4) is 5.75 Å². The first-order chi connectivity index (χ1) is 16.5. The number of carbonyl (C=O) groups is 5. The van der Waals surface area contributed by atoms with Crippen LogP contribution < -0.4 is 21.3 Å². The number of hydrogen-bond acceptors (Lipinski definition) is 8. The van der Waals surface area contributed by atoms with Gasteiger partial charge in [0.15, 0.2) is 0 Å². The summed E-state index contributed by atoms with van der Waals surface area (Å²) in [5.41, 5.74) is 0.498. The lowest BCUT2D eigenvalue weighted by Crippen LogP contribution is -2.60. The molecule has 192 valence electrons. The fraction of sp³-hybridized carbons (Fsp3) is 0.500. The monoisotopic (exact) mass is 494 g/mol. The summed E-state index contributed by atoms with van der Waals surface area (Å²) in [6.07, 6.45) is -1.12. The van der Waals surface area contributed by atoms with Gasteiger partial charge in [-0.15, -0.1) is 0 Å². The number of benzene rings is 1. The van der Waals surface area contributed by atoms with Crippen molar-refractivity contribution in [2.24, 2.45) is 0 Å². The molecule has 3 amide bonds. The van der Waals surface area contributed by atoms with Gasteiger partial charge in [-0.1, -0.05) is 12.1 Å². The number of phenolic OH excluding ortho intramolecular Hbond substituents is 1. The van der Waals surface area contributed by atoms with Crippen molar-refractivity contribution < 1.29 is 44.4 Å². The third kappa shape index (κ3) is 8.54. The Morgan fingerprint density at radius 2 is 1.66 bits per heavy atom. The molecule has 1 aromatic rings. The first-order valence-electron chi connectivity index (χ1n) is 11.0. The molecule has 0 spiro atoms. The van der Waals surface area contributed by atoms with E-state index in [1.807, 2.05) is 0 Å². The quantitative estimate of drug-likeness (QED) is 0.161. The topological polar surface area (TPSA) is 214 Å². The molecule has 1 saturated heterocycles. The molecule has 13 heteroatoms. The Kier molecular flexibility index (Phi) is 9.97. The largest absolute Gasteiger partial charge is 0.508 e. The molecule has 2 rings (SSSR count). The number of phenols is 1. The van der Waals surface area contributed by atoms with Gasteiger partial charge >= 0.3 is 11.9 Å². The molecule has 0 aromatic heterocycles. The average Bonchev–Trinajstić information content (AvgIpc) is 3.32. The van der Waals surface area contributed by atoms with E-state index in [-0.39, 0.29) is 12.2 Å². The van der Waals surface area contributed by atoms with Crippen molar-refractivity contribution in [3.05, 3.63) is 29.8 Å². The van der Waals surface area contributed by atoms with Crippen LogP contribution in [0.5, 0.6) is 5.75 Å². The van der Waals surface area contributed by atoms with Crippen LogP contribution in [0, 0.1) is 0 Å². The molecule has 1 aliphatic heterocycles. The molecule has 13 nitrogen and oxygen atoms in total. The Hall–Kier alpha value is -3.71. The van der Waals surface area contributed by atoms with Crippen molar-refractivity contribution in [1.29, 1.82) is 0 Å². The van der Waals surface area contributed by atoms with Gasteiger partial charge in [0.2, 0.25) is 17.7 Å². The number of aliphatic hydroxyl groups excluding tert-OH is 1. The predicted octanol–water partition coefficient (Wildman–Crippen LogP) is -1.92. The van der Waals surface area contributed by atoms with Gasteiger partial charge in [-0.3, -0.25) is 19.2 Å². The highest BCUT2D eigenvalue weighted by atomic mass is 16.4. The smallest absolute Gasteiger partial charge is 0.326 e. The molecule has 0 saturated carbocycles. The molecular formula is C22H30N4O9. The van der Waals surface area contributed by atoms with Crippen molar-refractivity contribution in [2.75, 3.05) is 6.54 Å². The molecule has 8 N–H and O–H groups in total. The zero-order valence-electron chi connectivity index (χ0n) is 19.1. The minimum Gasteiger partial charge on any atom is -0.508 e. The summed E-state index contributed by atoms with van der Waals surface area (Å²) >= 11 is 0. The van der Waals surface area contributed by atoms with Crippen LogP contribution >= 0.6 is 0 Å². The van der Waals surface area contributed by atoms with Crippen molar-refractivity contribution in [1.82, 2.24) is 21.3 Å². The number of aromatic hydroxyl groups is 1. The van der Waals surface area contributed by atoms with Crippen molar-refractivity contribution >= 4 is 29.7 Å². The van der Waals surface area contributed by atoms with Crippen LogP contribution in [0.25, 0.3) is 0 Å². The Bertz CT molecular complexity index is 929. The molecule has 1 fully saturated rings. The number of carboxylic acid groups (broad SMARTS) is 2. The van der Waals surface area contributed by atoms with Gasteiger partial charge in [0.1, 0.15) is 23.9 Å². The lowest BCUT2D eigenvalue weighted by atomic mass is 10.0. The standard InChI is InChI=1S/C22H30N4O9/c1-11(27)18(21(33)25-16(22(34)35)9-12-4-6-13(28)7-5-12)26-20(32)15(10-17(29)30)24-19(31)14-3-2-8-23-14/h4-7,11,14-16,18,23,27-28H,2-3,8-10H2,1H3,(H,24,31)(H,25,33)(H,26,32)(H,29,30)(H,34,35). The second kappa shape index (κ2) is 12.7.